The van der Waals surface area contributed by atoms with Gasteiger partial charge >= 0.3 is 12.0 Å². The number of carbonyl (C=O) groups is 2. The van der Waals surface area contributed by atoms with Gasteiger partial charge in [0.05, 0.1) is 25.5 Å². The van der Waals surface area contributed by atoms with Crippen molar-refractivity contribution in [2.75, 3.05) is 29.4 Å². The molecule has 0 aliphatic carbocycles. The number of thiazole rings is 2. The van der Waals surface area contributed by atoms with Crippen molar-refractivity contribution in [1.82, 2.24) is 19.9 Å². The largest absolute Gasteiger partial charge is 0.481 e. The Kier molecular flexibility index (Phi) is 7.01. The molecule has 0 bridgehead atoms. The molecule has 1 aromatic carbocycles. The maximum Gasteiger partial charge on any atom is 0.321 e. The predicted molar refractivity (Wildman–Crippen MR) is 151 cm³/mol. The van der Waals surface area contributed by atoms with Crippen LogP contribution in [-0.2, 0) is 11.2 Å². The molecule has 12 heteroatoms. The van der Waals surface area contributed by atoms with Crippen molar-refractivity contribution < 1.29 is 14.7 Å². The summed E-state index contributed by atoms with van der Waals surface area (Å²) in [6.07, 6.45) is 7.41. The fourth-order valence-electron chi connectivity index (χ4n) is 4.52. The van der Waals surface area contributed by atoms with Crippen LogP contribution in [0.3, 0.4) is 0 Å². The number of primary amides is 1. The van der Waals surface area contributed by atoms with Crippen LogP contribution in [0.4, 0.5) is 15.9 Å². The van der Waals surface area contributed by atoms with E-state index >= 15 is 0 Å². The molecule has 1 aliphatic heterocycles. The van der Waals surface area contributed by atoms with Crippen molar-refractivity contribution >= 4 is 56.0 Å². The normalized spacial score (nSPS) is 15.1. The van der Waals surface area contributed by atoms with Gasteiger partial charge < -0.3 is 15.7 Å². The Morgan fingerprint density at radius 2 is 1.79 bits per heavy atom. The number of urea groups is 1. The summed E-state index contributed by atoms with van der Waals surface area (Å²) in [4.78, 5) is 46.6. The van der Waals surface area contributed by atoms with Crippen LogP contribution in [-0.4, -0.2) is 56.7 Å². The van der Waals surface area contributed by atoms with Crippen LogP contribution < -0.4 is 15.5 Å². The molecule has 3 aromatic heterocycles. The molecule has 1 fully saturated rings. The Hall–Kier alpha value is -3.64. The summed E-state index contributed by atoms with van der Waals surface area (Å²) < 4.78 is 0.960. The van der Waals surface area contributed by atoms with E-state index in [9.17, 15) is 14.7 Å². The van der Waals surface area contributed by atoms with E-state index in [0.29, 0.717) is 43.6 Å². The molecule has 0 saturated carbocycles. The van der Waals surface area contributed by atoms with Gasteiger partial charge in [0.15, 0.2) is 5.13 Å². The molecular weight excluding hydrogens is 522 g/mol. The Morgan fingerprint density at radius 3 is 2.37 bits per heavy atom. The first-order chi connectivity index (χ1) is 18.2. The van der Waals surface area contributed by atoms with Gasteiger partial charge in [-0.25, -0.2) is 24.7 Å². The lowest BCUT2D eigenvalue weighted by atomic mass is 9.80. The Bertz CT molecular complexity index is 1490. The van der Waals surface area contributed by atoms with E-state index in [0.717, 1.165) is 43.2 Å². The van der Waals surface area contributed by atoms with Gasteiger partial charge in [0, 0.05) is 49.4 Å². The molecule has 198 valence electrons. The van der Waals surface area contributed by atoms with Gasteiger partial charge in [-0.15, -0.1) is 11.3 Å². The lowest BCUT2D eigenvalue weighted by Gasteiger charge is -2.36. The number of hydrogen-bond donors (Lipinski definition) is 2. The zero-order valence-corrected chi connectivity index (χ0v) is 23.1. The summed E-state index contributed by atoms with van der Waals surface area (Å²) in [5.41, 5.74) is 8.38. The smallest absolute Gasteiger partial charge is 0.321 e. The fraction of sp³-hybridized carbons (Fsp3) is 0.385. The number of carboxylic acids is 1. The van der Waals surface area contributed by atoms with Crippen LogP contribution in [0.25, 0.3) is 31.8 Å². The molecule has 0 atom stereocenters. The minimum Gasteiger partial charge on any atom is -0.481 e. The molecule has 0 unspecified atom stereocenters. The van der Waals surface area contributed by atoms with E-state index in [4.69, 9.17) is 10.7 Å². The minimum atomic E-state index is -0.755. The third-order valence-electron chi connectivity index (χ3n) is 7.05. The number of aromatic nitrogens is 4. The van der Waals surface area contributed by atoms with Crippen LogP contribution in [0.2, 0.25) is 0 Å². The molecule has 5 rings (SSSR count). The number of piperidine rings is 1. The van der Waals surface area contributed by atoms with Crippen LogP contribution >= 0.6 is 22.7 Å². The number of rotatable bonds is 7. The molecule has 2 amide bonds. The average molecular weight is 552 g/mol. The van der Waals surface area contributed by atoms with Gasteiger partial charge in [-0.1, -0.05) is 18.3 Å². The monoisotopic (exact) mass is 551 g/mol. The van der Waals surface area contributed by atoms with Crippen LogP contribution in [0.1, 0.15) is 38.6 Å². The molecule has 0 spiro atoms. The SMILES string of the molecule is CCc1ncc(-c2cc(-c3cnc(N4CCC(C)(C(=O)O)CC4)nc3)cc3nc(N(CC)C(N)=O)sc23)s1. The summed E-state index contributed by atoms with van der Waals surface area (Å²) in [6, 6.07) is 3.53. The van der Waals surface area contributed by atoms with Gasteiger partial charge in [-0.3, -0.25) is 9.69 Å². The van der Waals surface area contributed by atoms with Gasteiger partial charge in [0.25, 0.3) is 0 Å². The van der Waals surface area contributed by atoms with Crippen LogP contribution in [0.5, 0.6) is 0 Å². The fourth-order valence-corrected chi connectivity index (χ4v) is 6.61. The standard InChI is InChI=1S/C26H29N7O3S2/c1-4-20-28-14-19(37-20)17-10-15(11-18-21(17)38-25(31-18)33(5-2)23(27)36)16-12-29-24(30-13-16)32-8-6-26(3,7-9-32)22(34)35/h10-14H,4-9H2,1-3H3,(H2,27,36)(H,34,35). The lowest BCUT2D eigenvalue weighted by molar-refractivity contribution is -0.149. The van der Waals surface area contributed by atoms with E-state index in [1.165, 1.54) is 16.2 Å². The molecular formula is C26H29N7O3S2. The van der Waals surface area contributed by atoms with Crippen molar-refractivity contribution in [2.45, 2.75) is 40.0 Å². The molecule has 10 nitrogen and oxygen atoms in total. The Balaban J connectivity index is 1.51. The Morgan fingerprint density at radius 1 is 1.08 bits per heavy atom. The van der Waals surface area contributed by atoms with E-state index in [-0.39, 0.29) is 0 Å². The summed E-state index contributed by atoms with van der Waals surface area (Å²) in [5.74, 6) is -0.164. The van der Waals surface area contributed by atoms with Crippen molar-refractivity contribution in [3.63, 3.8) is 0 Å². The second kappa shape index (κ2) is 10.3. The summed E-state index contributed by atoms with van der Waals surface area (Å²) in [5, 5.41) is 11.1. The minimum absolute atomic E-state index is 0.426. The van der Waals surface area contributed by atoms with Crippen LogP contribution in [0.15, 0.2) is 30.7 Å². The van der Waals surface area contributed by atoms with Crippen LogP contribution in [0, 0.1) is 5.41 Å². The number of nitrogens with two attached hydrogens (primary N) is 1. The molecule has 1 saturated heterocycles. The van der Waals surface area contributed by atoms with Crippen molar-refractivity contribution in [3.05, 3.63) is 35.7 Å². The number of benzene rings is 1. The van der Waals surface area contributed by atoms with E-state index < -0.39 is 17.4 Å². The number of aryl methyl sites for hydroxylation is 1. The Labute approximate surface area is 228 Å². The number of carboxylic acid groups (broad SMARTS) is 1. The molecule has 4 heterocycles. The van der Waals surface area contributed by atoms with Crippen molar-refractivity contribution in [3.8, 4) is 21.6 Å². The van der Waals surface area contributed by atoms with E-state index in [2.05, 4.69) is 27.9 Å². The number of carbonyl (C=O) groups excluding carboxylic acids is 1. The molecule has 4 aromatic rings. The summed E-state index contributed by atoms with van der Waals surface area (Å²) >= 11 is 3.08. The maximum atomic E-state index is 12.0. The molecule has 3 N–H and O–H groups in total. The van der Waals surface area contributed by atoms with Gasteiger partial charge in [0.2, 0.25) is 5.95 Å². The average Bonchev–Trinajstić information content (AvgIpc) is 3.56. The predicted octanol–water partition coefficient (Wildman–Crippen LogP) is 5.04. The van der Waals surface area contributed by atoms with Gasteiger partial charge in [-0.05, 0) is 50.8 Å². The molecule has 1 aliphatic rings. The number of amides is 2. The third-order valence-corrected chi connectivity index (χ3v) is 9.35. The highest BCUT2D eigenvalue weighted by atomic mass is 32.1. The van der Waals surface area contributed by atoms with Crippen molar-refractivity contribution in [1.29, 1.82) is 0 Å². The number of anilines is 2. The highest BCUT2D eigenvalue weighted by Gasteiger charge is 2.37. The topological polar surface area (TPSA) is 138 Å². The quantitative estimate of drug-likeness (QED) is 0.326. The molecule has 0 radical (unpaired) electrons. The van der Waals surface area contributed by atoms with Crippen molar-refractivity contribution in [2.24, 2.45) is 11.1 Å². The summed E-state index contributed by atoms with van der Waals surface area (Å²) in [6.45, 7) is 7.36. The first-order valence-electron chi connectivity index (χ1n) is 12.5. The second-order valence-electron chi connectivity index (χ2n) is 9.55. The first-order valence-corrected chi connectivity index (χ1v) is 14.1. The first kappa shape index (κ1) is 26.0. The zero-order chi connectivity index (χ0) is 27.0. The van der Waals surface area contributed by atoms with Gasteiger partial charge in [-0.2, -0.15) is 0 Å². The lowest BCUT2D eigenvalue weighted by Crippen LogP contribution is -2.43. The second-order valence-corrected chi connectivity index (χ2v) is 11.6. The van der Waals surface area contributed by atoms with E-state index in [1.807, 2.05) is 24.1 Å². The highest BCUT2D eigenvalue weighted by molar-refractivity contribution is 7.23. The number of fused-ring (bicyclic) bond motifs is 1. The maximum absolute atomic E-state index is 12.0. The highest BCUT2D eigenvalue weighted by Crippen LogP contribution is 2.41. The zero-order valence-electron chi connectivity index (χ0n) is 21.5. The molecule has 38 heavy (non-hydrogen) atoms. The van der Waals surface area contributed by atoms with E-state index in [1.54, 1.807) is 30.7 Å². The van der Waals surface area contributed by atoms with Gasteiger partial charge in [0.1, 0.15) is 0 Å². The summed E-state index contributed by atoms with van der Waals surface area (Å²) in [7, 11) is 0. The number of nitrogens with zero attached hydrogens (tertiary/aromatic N) is 6. The number of aliphatic carboxylic acids is 1. The number of hydrogen-bond acceptors (Lipinski definition) is 9. The third kappa shape index (κ3) is 4.81.